The van der Waals surface area contributed by atoms with Gasteiger partial charge in [0.1, 0.15) is 11.5 Å². The van der Waals surface area contributed by atoms with Crippen LogP contribution >= 0.6 is 0 Å². The van der Waals surface area contributed by atoms with Gasteiger partial charge in [0.25, 0.3) is 0 Å². The molecule has 1 N–H and O–H groups in total. The van der Waals surface area contributed by atoms with Gasteiger partial charge in [-0.25, -0.2) is 0 Å². The summed E-state index contributed by atoms with van der Waals surface area (Å²) in [5.74, 6) is 1.62. The van der Waals surface area contributed by atoms with E-state index in [1.165, 1.54) is 33.4 Å². The average molecular weight is 510 g/mol. The van der Waals surface area contributed by atoms with Crippen molar-refractivity contribution in [1.82, 2.24) is 5.32 Å². The Kier molecular flexibility index (Phi) is 8.71. The molecule has 0 radical (unpaired) electrons. The third-order valence-electron chi connectivity index (χ3n) is 7.15. The molecule has 0 saturated carbocycles. The molecule has 0 amide bonds. The van der Waals surface area contributed by atoms with Crippen molar-refractivity contribution in [1.29, 1.82) is 0 Å². The van der Waals surface area contributed by atoms with Crippen LogP contribution in [-0.4, -0.2) is 27.8 Å². The lowest BCUT2D eigenvalue weighted by molar-refractivity contribution is 0.0509. The van der Waals surface area contributed by atoms with Crippen LogP contribution in [-0.2, 0) is 22.4 Å². The maximum Gasteiger partial charge on any atom is 0.188 e. The molecule has 0 aliphatic heterocycles. The van der Waals surface area contributed by atoms with Crippen molar-refractivity contribution in [3.8, 4) is 11.5 Å². The van der Waals surface area contributed by atoms with E-state index in [1.54, 1.807) is 14.2 Å². The van der Waals surface area contributed by atoms with Crippen molar-refractivity contribution in [3.05, 3.63) is 130 Å². The summed E-state index contributed by atoms with van der Waals surface area (Å²) >= 11 is 0. The highest BCUT2D eigenvalue weighted by Crippen LogP contribution is 2.36. The van der Waals surface area contributed by atoms with Crippen molar-refractivity contribution >= 4 is 0 Å². The largest absolute Gasteiger partial charge is 0.468 e. The van der Waals surface area contributed by atoms with Crippen LogP contribution in [0.1, 0.15) is 51.8 Å². The van der Waals surface area contributed by atoms with E-state index in [9.17, 15) is 0 Å². The van der Waals surface area contributed by atoms with Crippen molar-refractivity contribution in [2.75, 3.05) is 27.8 Å². The molecule has 5 nitrogen and oxygen atoms in total. The molecular formula is C33H35NO4. The van der Waals surface area contributed by atoms with Crippen LogP contribution in [0.3, 0.4) is 0 Å². The minimum atomic E-state index is 0.0526. The van der Waals surface area contributed by atoms with Gasteiger partial charge in [0.15, 0.2) is 13.6 Å². The van der Waals surface area contributed by atoms with Gasteiger partial charge in [-0.2, -0.15) is 0 Å². The molecule has 0 spiro atoms. The molecule has 4 aromatic carbocycles. The molecule has 38 heavy (non-hydrogen) atoms. The first-order chi connectivity index (χ1) is 18.8. The van der Waals surface area contributed by atoms with Crippen LogP contribution in [0.5, 0.6) is 11.5 Å². The van der Waals surface area contributed by atoms with Gasteiger partial charge in [0, 0.05) is 32.7 Å². The number of hydrogen-bond donors (Lipinski definition) is 1. The lowest BCUT2D eigenvalue weighted by atomic mass is 9.82. The fourth-order valence-electron chi connectivity index (χ4n) is 5.30. The van der Waals surface area contributed by atoms with E-state index in [4.69, 9.17) is 18.9 Å². The van der Waals surface area contributed by atoms with Gasteiger partial charge in [0.05, 0.1) is 0 Å². The minimum Gasteiger partial charge on any atom is -0.468 e. The summed E-state index contributed by atoms with van der Waals surface area (Å²) in [4.78, 5) is 0. The molecule has 0 bridgehead atoms. The lowest BCUT2D eigenvalue weighted by Crippen LogP contribution is -2.20. The fourth-order valence-corrected chi connectivity index (χ4v) is 5.30. The maximum absolute atomic E-state index is 5.64. The van der Waals surface area contributed by atoms with Gasteiger partial charge < -0.3 is 24.3 Å². The molecule has 0 heterocycles. The summed E-state index contributed by atoms with van der Waals surface area (Å²) in [5, 5.41) is 3.85. The number of ether oxygens (including phenoxy) is 4. The average Bonchev–Trinajstić information content (AvgIpc) is 3.39. The first-order valence-electron chi connectivity index (χ1n) is 13.1. The van der Waals surface area contributed by atoms with Crippen LogP contribution < -0.4 is 14.8 Å². The Labute approximate surface area is 225 Å². The number of benzene rings is 4. The Bertz CT molecular complexity index is 1250. The second-order valence-electron chi connectivity index (χ2n) is 9.54. The SMILES string of the molecule is COCOc1ccc(C(c2ccc(OCOC)cc2)c2ccccc2CNC2CCc3ccccc32)cc1. The van der Waals surface area contributed by atoms with Crippen LogP contribution in [0.4, 0.5) is 0 Å². The molecule has 0 fully saturated rings. The molecule has 5 rings (SSSR count). The van der Waals surface area contributed by atoms with E-state index in [-0.39, 0.29) is 19.5 Å². The molecular weight excluding hydrogens is 474 g/mol. The van der Waals surface area contributed by atoms with E-state index < -0.39 is 0 Å². The number of methoxy groups -OCH3 is 2. The molecule has 196 valence electrons. The molecule has 1 atom stereocenters. The van der Waals surface area contributed by atoms with Gasteiger partial charge in [-0.3, -0.25) is 0 Å². The molecule has 0 saturated heterocycles. The van der Waals surface area contributed by atoms with Crippen molar-refractivity contribution in [2.45, 2.75) is 31.3 Å². The lowest BCUT2D eigenvalue weighted by Gasteiger charge is -2.24. The third kappa shape index (κ3) is 6.08. The summed E-state index contributed by atoms with van der Waals surface area (Å²) in [7, 11) is 3.25. The number of aryl methyl sites for hydroxylation is 1. The fraction of sp³-hybridized carbons (Fsp3) is 0.273. The first kappa shape index (κ1) is 26.0. The van der Waals surface area contributed by atoms with Crippen molar-refractivity contribution in [2.24, 2.45) is 0 Å². The normalized spacial score (nSPS) is 14.4. The molecule has 1 aliphatic rings. The predicted molar refractivity (Wildman–Crippen MR) is 150 cm³/mol. The zero-order valence-corrected chi connectivity index (χ0v) is 22.1. The van der Waals surface area contributed by atoms with Gasteiger partial charge in [-0.15, -0.1) is 0 Å². The van der Waals surface area contributed by atoms with E-state index in [1.807, 2.05) is 24.3 Å². The molecule has 1 unspecified atom stereocenters. The Balaban J connectivity index is 1.45. The van der Waals surface area contributed by atoms with Gasteiger partial charge in [-0.05, 0) is 70.5 Å². The van der Waals surface area contributed by atoms with Crippen LogP contribution in [0, 0.1) is 0 Å². The highest BCUT2D eigenvalue weighted by atomic mass is 16.7. The van der Waals surface area contributed by atoms with Crippen molar-refractivity contribution in [3.63, 3.8) is 0 Å². The smallest absolute Gasteiger partial charge is 0.188 e. The molecule has 5 heteroatoms. The number of hydrogen-bond acceptors (Lipinski definition) is 5. The Morgan fingerprint density at radius 3 is 1.92 bits per heavy atom. The van der Waals surface area contributed by atoms with Gasteiger partial charge >= 0.3 is 0 Å². The summed E-state index contributed by atoms with van der Waals surface area (Å²) in [6.07, 6.45) is 2.27. The summed E-state index contributed by atoms with van der Waals surface area (Å²) in [5.41, 5.74) is 7.85. The second kappa shape index (κ2) is 12.7. The molecule has 0 aromatic heterocycles. The monoisotopic (exact) mass is 509 g/mol. The van der Waals surface area contributed by atoms with Crippen molar-refractivity contribution < 1.29 is 18.9 Å². The number of fused-ring (bicyclic) bond motifs is 1. The molecule has 4 aromatic rings. The number of rotatable bonds is 12. The van der Waals surface area contributed by atoms with E-state index in [2.05, 4.69) is 78.1 Å². The zero-order chi connectivity index (χ0) is 26.2. The quantitative estimate of drug-likeness (QED) is 0.172. The topological polar surface area (TPSA) is 49.0 Å². The molecule has 1 aliphatic carbocycles. The number of nitrogens with one attached hydrogen (secondary N) is 1. The highest BCUT2D eigenvalue weighted by Gasteiger charge is 2.23. The maximum atomic E-state index is 5.64. The van der Waals surface area contributed by atoms with Gasteiger partial charge in [-0.1, -0.05) is 72.8 Å². The third-order valence-corrected chi connectivity index (χ3v) is 7.15. The summed E-state index contributed by atoms with van der Waals surface area (Å²) in [6.45, 7) is 1.25. The zero-order valence-electron chi connectivity index (χ0n) is 22.1. The highest BCUT2D eigenvalue weighted by molar-refractivity contribution is 5.48. The summed E-state index contributed by atoms with van der Waals surface area (Å²) in [6, 6.07) is 34.5. The second-order valence-corrected chi connectivity index (χ2v) is 9.54. The van der Waals surface area contributed by atoms with Crippen LogP contribution in [0.2, 0.25) is 0 Å². The summed E-state index contributed by atoms with van der Waals surface area (Å²) < 4.78 is 21.4. The minimum absolute atomic E-state index is 0.0526. The standard InChI is InChI=1S/C33H35NO4/c1-35-22-37-28-16-11-25(12-17-28)33(26-13-18-29(19-14-26)38-23-36-2)31-10-6-4-8-27(31)21-34-32-20-15-24-7-3-5-9-30(24)32/h3-14,16-19,32-34H,15,20-23H2,1-2H3. The Morgan fingerprint density at radius 2 is 1.29 bits per heavy atom. The van der Waals surface area contributed by atoms with Crippen LogP contribution in [0.25, 0.3) is 0 Å². The predicted octanol–water partition coefficient (Wildman–Crippen LogP) is 6.61. The van der Waals surface area contributed by atoms with E-state index >= 15 is 0 Å². The van der Waals surface area contributed by atoms with Crippen LogP contribution in [0.15, 0.2) is 97.1 Å². The van der Waals surface area contributed by atoms with Gasteiger partial charge in [0.2, 0.25) is 0 Å². The Hall–Kier alpha value is -3.64. The van der Waals surface area contributed by atoms with E-state index in [0.717, 1.165) is 30.9 Å². The Morgan fingerprint density at radius 1 is 0.711 bits per heavy atom. The van der Waals surface area contributed by atoms with E-state index in [0.29, 0.717) is 6.04 Å². The first-order valence-corrected chi connectivity index (χ1v) is 13.1.